The highest BCUT2D eigenvalue weighted by Crippen LogP contribution is 2.30. The zero-order chi connectivity index (χ0) is 15.7. The fraction of sp³-hybridized carbons (Fsp3) is 0.333. The number of piperidine rings is 1. The van der Waals surface area contributed by atoms with Gasteiger partial charge in [-0.3, -0.25) is 4.79 Å². The van der Waals surface area contributed by atoms with Crippen molar-refractivity contribution in [1.82, 2.24) is 9.88 Å². The molecule has 0 saturated carbocycles. The zero-order valence-electron chi connectivity index (χ0n) is 11.8. The number of benzene rings is 1. The number of likely N-dealkylation sites (tertiary alicyclic amines) is 1. The minimum absolute atomic E-state index is 0.0577. The normalized spacial score (nSPS) is 18.5. The van der Waals surface area contributed by atoms with Crippen molar-refractivity contribution in [3.8, 4) is 10.6 Å². The first-order chi connectivity index (χ1) is 10.5. The third-order valence-electron chi connectivity index (χ3n) is 3.63. The Bertz CT molecular complexity index is 704. The summed E-state index contributed by atoms with van der Waals surface area (Å²) in [5.74, 6) is -0.0577. The average molecular weight is 356 g/mol. The van der Waals surface area contributed by atoms with Crippen molar-refractivity contribution in [1.29, 1.82) is 0 Å². The topological polar surface area (TPSA) is 59.2 Å². The van der Waals surface area contributed by atoms with Crippen LogP contribution in [0.25, 0.3) is 10.6 Å². The Labute approximate surface area is 142 Å². The molecule has 1 fully saturated rings. The van der Waals surface area contributed by atoms with E-state index >= 15 is 0 Å². The minimum Gasteiger partial charge on any atom is -0.336 e. The van der Waals surface area contributed by atoms with Crippen molar-refractivity contribution in [2.24, 2.45) is 5.73 Å². The number of carbonyl (C=O) groups excluding carboxylic acids is 1. The molecule has 2 heterocycles. The Morgan fingerprint density at radius 2 is 2.18 bits per heavy atom. The molecule has 1 saturated heterocycles. The number of thiazole rings is 1. The van der Waals surface area contributed by atoms with Crippen LogP contribution in [0.15, 0.2) is 23.6 Å². The number of hydrogen-bond acceptors (Lipinski definition) is 4. The van der Waals surface area contributed by atoms with E-state index in [9.17, 15) is 4.79 Å². The van der Waals surface area contributed by atoms with Gasteiger partial charge in [0.15, 0.2) is 0 Å². The molecule has 1 aromatic carbocycles. The summed E-state index contributed by atoms with van der Waals surface area (Å²) < 4.78 is 0. The van der Waals surface area contributed by atoms with Crippen LogP contribution in [0.5, 0.6) is 0 Å². The van der Waals surface area contributed by atoms with E-state index in [0.717, 1.165) is 30.0 Å². The highest BCUT2D eigenvalue weighted by atomic mass is 35.5. The quantitative estimate of drug-likeness (QED) is 0.893. The van der Waals surface area contributed by atoms with Gasteiger partial charge < -0.3 is 10.6 Å². The van der Waals surface area contributed by atoms with Crippen molar-refractivity contribution < 1.29 is 4.79 Å². The van der Waals surface area contributed by atoms with Crippen LogP contribution in [0.3, 0.4) is 0 Å². The van der Waals surface area contributed by atoms with Crippen molar-refractivity contribution in [2.45, 2.75) is 18.9 Å². The lowest BCUT2D eigenvalue weighted by Gasteiger charge is -2.30. The highest BCUT2D eigenvalue weighted by Gasteiger charge is 2.24. The van der Waals surface area contributed by atoms with Crippen molar-refractivity contribution in [3.63, 3.8) is 0 Å². The summed E-state index contributed by atoms with van der Waals surface area (Å²) >= 11 is 13.4. The summed E-state index contributed by atoms with van der Waals surface area (Å²) in [4.78, 5) is 18.7. The molecule has 22 heavy (non-hydrogen) atoms. The predicted molar refractivity (Wildman–Crippen MR) is 90.7 cm³/mol. The van der Waals surface area contributed by atoms with Gasteiger partial charge in [0, 0.05) is 30.1 Å². The molecule has 116 valence electrons. The number of carbonyl (C=O) groups is 1. The molecule has 2 aromatic rings. The minimum atomic E-state index is -0.0577. The molecule has 0 spiro atoms. The first-order valence-electron chi connectivity index (χ1n) is 7.00. The Kier molecular flexibility index (Phi) is 4.68. The third kappa shape index (κ3) is 3.27. The molecule has 1 aromatic heterocycles. The van der Waals surface area contributed by atoms with Gasteiger partial charge in [-0.25, -0.2) is 4.98 Å². The Balaban J connectivity index is 1.81. The smallest absolute Gasteiger partial charge is 0.273 e. The van der Waals surface area contributed by atoms with E-state index in [0.29, 0.717) is 22.3 Å². The lowest BCUT2D eigenvalue weighted by Crippen LogP contribution is -2.45. The van der Waals surface area contributed by atoms with E-state index in [1.807, 2.05) is 6.07 Å². The lowest BCUT2D eigenvalue weighted by molar-refractivity contribution is 0.0704. The van der Waals surface area contributed by atoms with Gasteiger partial charge in [0.1, 0.15) is 10.7 Å². The monoisotopic (exact) mass is 355 g/mol. The molecule has 1 amide bonds. The van der Waals surface area contributed by atoms with Gasteiger partial charge in [-0.05, 0) is 25.0 Å². The Hall–Kier alpha value is -1.14. The summed E-state index contributed by atoms with van der Waals surface area (Å²) in [5.41, 5.74) is 7.24. The number of aromatic nitrogens is 1. The van der Waals surface area contributed by atoms with E-state index in [4.69, 9.17) is 28.9 Å². The van der Waals surface area contributed by atoms with Gasteiger partial charge in [0.25, 0.3) is 5.91 Å². The van der Waals surface area contributed by atoms with Crippen molar-refractivity contribution in [2.75, 3.05) is 13.1 Å². The molecule has 4 nitrogen and oxygen atoms in total. The lowest BCUT2D eigenvalue weighted by atomic mass is 10.1. The van der Waals surface area contributed by atoms with E-state index in [2.05, 4.69) is 4.98 Å². The van der Waals surface area contributed by atoms with Crippen LogP contribution < -0.4 is 5.73 Å². The summed E-state index contributed by atoms with van der Waals surface area (Å²) in [6.07, 6.45) is 1.91. The molecule has 0 aliphatic carbocycles. The number of hydrogen-bond donors (Lipinski definition) is 1. The molecule has 1 aliphatic rings. The van der Waals surface area contributed by atoms with Crippen LogP contribution in [0.1, 0.15) is 23.3 Å². The molecule has 1 atom stereocenters. The summed E-state index contributed by atoms with van der Waals surface area (Å²) in [5, 5.41) is 3.51. The zero-order valence-corrected chi connectivity index (χ0v) is 14.1. The average Bonchev–Trinajstić information content (AvgIpc) is 2.99. The van der Waals surface area contributed by atoms with Crippen LogP contribution in [0.4, 0.5) is 0 Å². The fourth-order valence-electron chi connectivity index (χ4n) is 2.49. The molecular weight excluding hydrogens is 341 g/mol. The van der Waals surface area contributed by atoms with Crippen LogP contribution >= 0.6 is 34.5 Å². The summed E-state index contributed by atoms with van der Waals surface area (Å²) in [6, 6.07) is 5.39. The van der Waals surface area contributed by atoms with Gasteiger partial charge in [0.2, 0.25) is 0 Å². The maximum Gasteiger partial charge on any atom is 0.273 e. The summed E-state index contributed by atoms with van der Waals surface area (Å²) in [6.45, 7) is 1.34. The molecule has 0 bridgehead atoms. The second kappa shape index (κ2) is 6.54. The Morgan fingerprint density at radius 3 is 2.91 bits per heavy atom. The van der Waals surface area contributed by atoms with Gasteiger partial charge >= 0.3 is 0 Å². The maximum atomic E-state index is 12.5. The van der Waals surface area contributed by atoms with Gasteiger partial charge in [-0.15, -0.1) is 11.3 Å². The predicted octanol–water partition coefficient (Wildman–Crippen LogP) is 3.68. The van der Waals surface area contributed by atoms with Gasteiger partial charge in [0.05, 0.1) is 10.0 Å². The number of nitrogens with two attached hydrogens (primary N) is 1. The van der Waals surface area contributed by atoms with E-state index in [-0.39, 0.29) is 11.9 Å². The second-order valence-electron chi connectivity index (χ2n) is 5.32. The number of amides is 1. The standard InChI is InChI=1S/C15H15Cl2N3OS/c16-11-4-3-9(6-12(11)17)14-19-13(8-22-14)15(21)20-5-1-2-10(18)7-20/h3-4,6,8,10H,1-2,5,7,18H2. The SMILES string of the molecule is NC1CCCN(C(=O)c2csc(-c3ccc(Cl)c(Cl)c3)n2)C1. The Morgan fingerprint density at radius 1 is 1.36 bits per heavy atom. The van der Waals surface area contributed by atoms with Crippen molar-refractivity contribution >= 4 is 40.4 Å². The van der Waals surface area contributed by atoms with Crippen LogP contribution in [-0.4, -0.2) is 34.9 Å². The number of nitrogens with zero attached hydrogens (tertiary/aromatic N) is 2. The highest BCUT2D eigenvalue weighted by molar-refractivity contribution is 7.13. The first-order valence-corrected chi connectivity index (χ1v) is 8.64. The van der Waals surface area contributed by atoms with E-state index in [1.165, 1.54) is 11.3 Å². The third-order valence-corrected chi connectivity index (χ3v) is 5.27. The molecule has 1 aliphatic heterocycles. The number of rotatable bonds is 2. The first kappa shape index (κ1) is 15.7. The fourth-order valence-corrected chi connectivity index (χ4v) is 3.58. The van der Waals surface area contributed by atoms with Crippen LogP contribution in [-0.2, 0) is 0 Å². The molecular formula is C15H15Cl2N3OS. The van der Waals surface area contributed by atoms with Gasteiger partial charge in [-0.2, -0.15) is 0 Å². The van der Waals surface area contributed by atoms with Crippen molar-refractivity contribution in [3.05, 3.63) is 39.3 Å². The second-order valence-corrected chi connectivity index (χ2v) is 6.99. The molecule has 1 unspecified atom stereocenters. The molecule has 2 N–H and O–H groups in total. The van der Waals surface area contributed by atoms with E-state index in [1.54, 1.807) is 22.4 Å². The van der Waals surface area contributed by atoms with Gasteiger partial charge in [-0.1, -0.05) is 29.3 Å². The molecule has 7 heteroatoms. The summed E-state index contributed by atoms with van der Waals surface area (Å²) in [7, 11) is 0. The molecule has 0 radical (unpaired) electrons. The largest absolute Gasteiger partial charge is 0.336 e. The molecule has 3 rings (SSSR count). The van der Waals surface area contributed by atoms with E-state index < -0.39 is 0 Å². The van der Waals surface area contributed by atoms with Crippen LogP contribution in [0, 0.1) is 0 Å². The van der Waals surface area contributed by atoms with Crippen LogP contribution in [0.2, 0.25) is 10.0 Å². The maximum absolute atomic E-state index is 12.5. The number of halogens is 2.